The number of hydrogen-bond acceptors (Lipinski definition) is 3. The lowest BCUT2D eigenvalue weighted by Crippen LogP contribution is -2.39. The van der Waals surface area contributed by atoms with Crippen molar-refractivity contribution in [1.29, 1.82) is 5.26 Å². The Hall–Kier alpha value is -0.590. The third-order valence-electron chi connectivity index (χ3n) is 3.66. The lowest BCUT2D eigenvalue weighted by Gasteiger charge is -2.33. The van der Waals surface area contributed by atoms with Gasteiger partial charge in [-0.25, -0.2) is 0 Å². The van der Waals surface area contributed by atoms with Crippen LogP contribution in [0.5, 0.6) is 0 Å². The van der Waals surface area contributed by atoms with Crippen LogP contribution in [-0.2, 0) is 0 Å². The van der Waals surface area contributed by atoms with Gasteiger partial charge in [-0.15, -0.1) is 0 Å². The summed E-state index contributed by atoms with van der Waals surface area (Å²) in [6, 6.07) is 3.52. The van der Waals surface area contributed by atoms with E-state index in [4.69, 9.17) is 11.0 Å². The molecule has 0 radical (unpaired) electrons. The van der Waals surface area contributed by atoms with Gasteiger partial charge in [0, 0.05) is 18.6 Å². The topological polar surface area (TPSA) is 53.0 Å². The molecule has 0 bridgehead atoms. The highest BCUT2D eigenvalue weighted by atomic mass is 15.2. The quantitative estimate of drug-likeness (QED) is 0.678. The van der Waals surface area contributed by atoms with Crippen LogP contribution >= 0.6 is 0 Å². The van der Waals surface area contributed by atoms with Crippen LogP contribution in [0.15, 0.2) is 0 Å². The van der Waals surface area contributed by atoms with Crippen LogP contribution in [0.3, 0.4) is 0 Å². The summed E-state index contributed by atoms with van der Waals surface area (Å²) in [7, 11) is 0. The average molecular weight is 193 g/mol. The van der Waals surface area contributed by atoms with Crippen LogP contribution in [0.4, 0.5) is 0 Å². The average Bonchev–Trinajstić information content (AvgIpc) is 2.67. The van der Waals surface area contributed by atoms with Crippen molar-refractivity contribution < 1.29 is 0 Å². The number of nitrogens with two attached hydrogens (primary N) is 1. The highest BCUT2D eigenvalue weighted by molar-refractivity contribution is 4.93. The van der Waals surface area contributed by atoms with Gasteiger partial charge in [0.1, 0.15) is 0 Å². The molecular weight excluding hydrogens is 174 g/mol. The zero-order valence-electron chi connectivity index (χ0n) is 8.65. The number of likely N-dealkylation sites (tertiary alicyclic amines) is 1. The first-order valence-electron chi connectivity index (χ1n) is 5.69. The van der Waals surface area contributed by atoms with Gasteiger partial charge in [0.05, 0.1) is 12.0 Å². The van der Waals surface area contributed by atoms with Crippen molar-refractivity contribution in [3.63, 3.8) is 0 Å². The molecule has 0 aromatic heterocycles. The van der Waals surface area contributed by atoms with Gasteiger partial charge in [-0.05, 0) is 38.6 Å². The van der Waals surface area contributed by atoms with Crippen molar-refractivity contribution in [3.05, 3.63) is 0 Å². The fourth-order valence-electron chi connectivity index (χ4n) is 2.69. The molecule has 2 fully saturated rings. The first-order valence-corrected chi connectivity index (χ1v) is 5.69. The summed E-state index contributed by atoms with van der Waals surface area (Å²) in [5, 5.41) is 8.83. The lowest BCUT2D eigenvalue weighted by atomic mass is 9.91. The maximum Gasteiger partial charge on any atom is 0.0669 e. The summed E-state index contributed by atoms with van der Waals surface area (Å²) in [5.74, 6) is 0.283. The van der Waals surface area contributed by atoms with Crippen molar-refractivity contribution >= 4 is 0 Å². The van der Waals surface area contributed by atoms with Crippen LogP contribution in [0.1, 0.15) is 32.1 Å². The number of hydrogen-bond donors (Lipinski definition) is 1. The van der Waals surface area contributed by atoms with E-state index in [-0.39, 0.29) is 5.92 Å². The van der Waals surface area contributed by atoms with Crippen molar-refractivity contribution in [1.82, 2.24) is 4.90 Å². The summed E-state index contributed by atoms with van der Waals surface area (Å²) in [5.41, 5.74) is 5.88. The molecular formula is C11H19N3. The van der Waals surface area contributed by atoms with Gasteiger partial charge in [0.15, 0.2) is 0 Å². The maximum atomic E-state index is 8.83. The van der Waals surface area contributed by atoms with Gasteiger partial charge >= 0.3 is 0 Å². The molecule has 0 aromatic carbocycles. The first-order chi connectivity index (χ1) is 6.79. The second-order valence-electron chi connectivity index (χ2n) is 4.68. The van der Waals surface area contributed by atoms with E-state index >= 15 is 0 Å². The Morgan fingerprint density at radius 1 is 1.14 bits per heavy atom. The molecule has 1 unspecified atom stereocenters. The minimum absolute atomic E-state index is 0.283. The minimum Gasteiger partial charge on any atom is -0.328 e. The molecule has 0 aromatic rings. The number of nitrogens with zero attached hydrogens (tertiary/aromatic N) is 2. The second kappa shape index (κ2) is 4.29. The molecule has 14 heavy (non-hydrogen) atoms. The number of rotatable bonds is 1. The fourth-order valence-corrected chi connectivity index (χ4v) is 2.69. The normalized spacial score (nSPS) is 39.6. The molecule has 1 saturated heterocycles. The third kappa shape index (κ3) is 2.08. The molecule has 0 amide bonds. The molecule has 1 saturated carbocycles. The minimum atomic E-state index is 0.283. The van der Waals surface area contributed by atoms with Crippen molar-refractivity contribution in [2.24, 2.45) is 11.7 Å². The van der Waals surface area contributed by atoms with E-state index in [0.29, 0.717) is 12.1 Å². The Balaban J connectivity index is 1.83. The van der Waals surface area contributed by atoms with E-state index in [1.807, 2.05) is 0 Å². The summed E-state index contributed by atoms with van der Waals surface area (Å²) in [6.07, 6.45) is 5.87. The molecule has 3 heteroatoms. The molecule has 1 aliphatic heterocycles. The van der Waals surface area contributed by atoms with E-state index in [1.165, 1.54) is 25.7 Å². The van der Waals surface area contributed by atoms with E-state index in [1.54, 1.807) is 0 Å². The Bertz CT molecular complexity index is 225. The van der Waals surface area contributed by atoms with Gasteiger partial charge < -0.3 is 5.73 Å². The first kappa shape index (κ1) is 9.95. The third-order valence-corrected chi connectivity index (χ3v) is 3.66. The highest BCUT2D eigenvalue weighted by Crippen LogP contribution is 2.26. The zero-order chi connectivity index (χ0) is 9.97. The van der Waals surface area contributed by atoms with Gasteiger partial charge in [-0.1, -0.05) is 0 Å². The predicted octanol–water partition coefficient (Wildman–Crippen LogP) is 1.10. The van der Waals surface area contributed by atoms with Crippen molar-refractivity contribution in [3.8, 4) is 6.07 Å². The van der Waals surface area contributed by atoms with Gasteiger partial charge in [0.25, 0.3) is 0 Å². The maximum absolute atomic E-state index is 8.83. The second-order valence-corrected chi connectivity index (χ2v) is 4.68. The fraction of sp³-hybridized carbons (Fsp3) is 0.909. The Morgan fingerprint density at radius 3 is 2.43 bits per heavy atom. The molecule has 0 spiro atoms. The van der Waals surface area contributed by atoms with E-state index < -0.39 is 0 Å². The van der Waals surface area contributed by atoms with Crippen LogP contribution in [-0.4, -0.2) is 30.1 Å². The Kier molecular flexibility index (Phi) is 3.05. The highest BCUT2D eigenvalue weighted by Gasteiger charge is 2.30. The molecule has 78 valence electrons. The molecule has 2 aliphatic rings. The molecule has 1 atom stereocenters. The van der Waals surface area contributed by atoms with E-state index in [2.05, 4.69) is 11.0 Å². The zero-order valence-corrected chi connectivity index (χ0v) is 8.65. The van der Waals surface area contributed by atoms with E-state index in [0.717, 1.165) is 19.5 Å². The molecule has 1 heterocycles. The molecule has 1 aliphatic carbocycles. The lowest BCUT2D eigenvalue weighted by molar-refractivity contribution is 0.180. The Labute approximate surface area is 85.9 Å². The summed E-state index contributed by atoms with van der Waals surface area (Å²) >= 11 is 0. The molecule has 2 rings (SSSR count). The smallest absolute Gasteiger partial charge is 0.0669 e. The number of nitriles is 1. The van der Waals surface area contributed by atoms with Crippen LogP contribution < -0.4 is 5.73 Å². The summed E-state index contributed by atoms with van der Waals surface area (Å²) in [6.45, 7) is 2.12. The predicted molar refractivity (Wildman–Crippen MR) is 55.5 cm³/mol. The summed E-state index contributed by atoms with van der Waals surface area (Å²) in [4.78, 5) is 2.50. The molecule has 2 N–H and O–H groups in total. The van der Waals surface area contributed by atoms with Crippen LogP contribution in [0.25, 0.3) is 0 Å². The summed E-state index contributed by atoms with van der Waals surface area (Å²) < 4.78 is 0. The van der Waals surface area contributed by atoms with Gasteiger partial charge in [0.2, 0.25) is 0 Å². The monoisotopic (exact) mass is 193 g/mol. The van der Waals surface area contributed by atoms with Gasteiger partial charge in [-0.2, -0.15) is 5.26 Å². The SMILES string of the molecule is N#CC1CCN(C2CCC(N)CC2)C1. The Morgan fingerprint density at radius 2 is 1.86 bits per heavy atom. The van der Waals surface area contributed by atoms with Crippen molar-refractivity contribution in [2.75, 3.05) is 13.1 Å². The van der Waals surface area contributed by atoms with Crippen LogP contribution in [0.2, 0.25) is 0 Å². The standard InChI is InChI=1S/C11H19N3/c12-7-9-5-6-14(8-9)11-3-1-10(13)2-4-11/h9-11H,1-6,8,13H2. The largest absolute Gasteiger partial charge is 0.328 e. The van der Waals surface area contributed by atoms with Crippen molar-refractivity contribution in [2.45, 2.75) is 44.2 Å². The van der Waals surface area contributed by atoms with Gasteiger partial charge in [-0.3, -0.25) is 4.90 Å². The van der Waals surface area contributed by atoms with E-state index in [9.17, 15) is 0 Å². The molecule has 3 nitrogen and oxygen atoms in total. The van der Waals surface area contributed by atoms with Crippen LogP contribution in [0, 0.1) is 17.2 Å².